The molecule has 24 heavy (non-hydrogen) atoms. The van der Waals surface area contributed by atoms with Crippen molar-refractivity contribution in [2.24, 2.45) is 5.92 Å². The van der Waals surface area contributed by atoms with Crippen molar-refractivity contribution in [2.75, 3.05) is 13.1 Å². The molecular weight excluding hydrogens is 298 g/mol. The van der Waals surface area contributed by atoms with Crippen LogP contribution in [0, 0.1) is 12.8 Å². The minimum atomic E-state index is 0.0134. The number of amides is 1. The molecule has 4 heteroatoms. The number of rotatable bonds is 3. The Morgan fingerprint density at radius 1 is 1.21 bits per heavy atom. The van der Waals surface area contributed by atoms with E-state index >= 15 is 0 Å². The third kappa shape index (κ3) is 2.75. The number of hydrogen-bond acceptors (Lipinski definition) is 2. The number of nitrogens with zero attached hydrogens (tertiary/aromatic N) is 1. The van der Waals surface area contributed by atoms with Gasteiger partial charge in [-0.2, -0.15) is 0 Å². The van der Waals surface area contributed by atoms with Gasteiger partial charge in [0.15, 0.2) is 0 Å². The standard InChI is InChI=1S/C20H25N3O/c1-13-4-3-5-16(12-13)17-6-7-18(21-17)20(24)22-19-14(2)23-10-8-15(19)9-11-23/h3-7,12,14-15,19,21H,8-11H2,1-2H3,(H,22,24)/t14-,19+/m1/s1. The van der Waals surface area contributed by atoms with Crippen molar-refractivity contribution >= 4 is 5.91 Å². The zero-order valence-corrected chi connectivity index (χ0v) is 14.4. The van der Waals surface area contributed by atoms with Gasteiger partial charge in [0.05, 0.1) is 0 Å². The van der Waals surface area contributed by atoms with Crippen molar-refractivity contribution in [2.45, 2.75) is 38.8 Å². The SMILES string of the molecule is Cc1cccc(-c2ccc(C(=O)N[C@@H]3C4CCN(CC4)[C@@H]3C)[nH]2)c1. The van der Waals surface area contributed by atoms with E-state index in [-0.39, 0.29) is 11.9 Å². The van der Waals surface area contributed by atoms with Gasteiger partial charge in [0.2, 0.25) is 0 Å². The number of fused-ring (bicyclic) bond motifs is 3. The maximum absolute atomic E-state index is 12.7. The van der Waals surface area contributed by atoms with Gasteiger partial charge in [-0.3, -0.25) is 9.69 Å². The number of H-pyrrole nitrogens is 1. The second-order valence-corrected chi connectivity index (χ2v) is 7.27. The van der Waals surface area contributed by atoms with Crippen LogP contribution in [-0.4, -0.2) is 41.0 Å². The van der Waals surface area contributed by atoms with E-state index in [4.69, 9.17) is 0 Å². The Morgan fingerprint density at radius 3 is 2.71 bits per heavy atom. The van der Waals surface area contributed by atoms with Crippen LogP contribution in [0.2, 0.25) is 0 Å². The molecule has 3 saturated heterocycles. The lowest BCUT2D eigenvalue weighted by atomic mass is 9.79. The molecule has 0 aliphatic carbocycles. The van der Waals surface area contributed by atoms with Gasteiger partial charge in [0.1, 0.15) is 5.69 Å². The quantitative estimate of drug-likeness (QED) is 0.911. The maximum atomic E-state index is 12.7. The summed E-state index contributed by atoms with van der Waals surface area (Å²) in [6.07, 6.45) is 2.41. The molecule has 1 aromatic carbocycles. The molecule has 1 aromatic heterocycles. The van der Waals surface area contributed by atoms with E-state index in [1.54, 1.807) is 0 Å². The fourth-order valence-electron chi connectivity index (χ4n) is 4.28. The Kier molecular flexibility index (Phi) is 3.93. The Morgan fingerprint density at radius 2 is 2.00 bits per heavy atom. The summed E-state index contributed by atoms with van der Waals surface area (Å²) in [5, 5.41) is 3.28. The van der Waals surface area contributed by atoms with Crippen LogP contribution in [0.1, 0.15) is 35.8 Å². The summed E-state index contributed by atoms with van der Waals surface area (Å²) in [5.74, 6) is 0.639. The van der Waals surface area contributed by atoms with Gasteiger partial charge >= 0.3 is 0 Å². The number of benzene rings is 1. The Labute approximate surface area is 143 Å². The molecule has 3 aliphatic heterocycles. The molecule has 0 spiro atoms. The second-order valence-electron chi connectivity index (χ2n) is 7.27. The summed E-state index contributed by atoms with van der Waals surface area (Å²) >= 11 is 0. The average molecular weight is 323 g/mol. The first-order chi connectivity index (χ1) is 11.6. The van der Waals surface area contributed by atoms with Crippen molar-refractivity contribution < 1.29 is 4.79 Å². The number of nitrogens with one attached hydrogen (secondary N) is 2. The van der Waals surface area contributed by atoms with E-state index in [1.165, 1.54) is 31.5 Å². The van der Waals surface area contributed by atoms with Gasteiger partial charge < -0.3 is 10.3 Å². The van der Waals surface area contributed by atoms with E-state index in [1.807, 2.05) is 18.2 Å². The summed E-state index contributed by atoms with van der Waals surface area (Å²) < 4.78 is 0. The lowest BCUT2D eigenvalue weighted by Crippen LogP contribution is -2.62. The van der Waals surface area contributed by atoms with Crippen molar-refractivity contribution in [3.05, 3.63) is 47.7 Å². The molecule has 3 aliphatic rings. The zero-order chi connectivity index (χ0) is 16.7. The van der Waals surface area contributed by atoms with E-state index in [0.717, 1.165) is 11.3 Å². The summed E-state index contributed by atoms with van der Waals surface area (Å²) in [4.78, 5) is 18.5. The van der Waals surface area contributed by atoms with Crippen LogP contribution in [0.25, 0.3) is 11.3 Å². The minimum absolute atomic E-state index is 0.0134. The van der Waals surface area contributed by atoms with Gasteiger partial charge in [-0.25, -0.2) is 0 Å². The third-order valence-corrected chi connectivity index (χ3v) is 5.74. The topological polar surface area (TPSA) is 48.1 Å². The van der Waals surface area contributed by atoms with Crippen LogP contribution in [-0.2, 0) is 0 Å². The average Bonchev–Trinajstić information content (AvgIpc) is 3.09. The van der Waals surface area contributed by atoms with Crippen LogP contribution in [0.4, 0.5) is 0 Å². The molecule has 0 saturated carbocycles. The van der Waals surface area contributed by atoms with Gasteiger partial charge in [0, 0.05) is 17.8 Å². The first kappa shape index (κ1) is 15.5. The fraction of sp³-hybridized carbons (Fsp3) is 0.450. The van der Waals surface area contributed by atoms with E-state index < -0.39 is 0 Å². The molecule has 126 valence electrons. The van der Waals surface area contributed by atoms with Crippen molar-refractivity contribution in [3.63, 3.8) is 0 Å². The number of aromatic nitrogens is 1. The van der Waals surface area contributed by atoms with Crippen LogP contribution in [0.15, 0.2) is 36.4 Å². The number of carbonyl (C=O) groups excluding carboxylic acids is 1. The van der Waals surface area contributed by atoms with Gasteiger partial charge in [-0.15, -0.1) is 0 Å². The molecule has 2 atom stereocenters. The van der Waals surface area contributed by atoms with Gasteiger partial charge in [0.25, 0.3) is 5.91 Å². The molecule has 2 bridgehead atoms. The van der Waals surface area contributed by atoms with Crippen LogP contribution in [0.3, 0.4) is 0 Å². The number of aromatic amines is 1. The number of aryl methyl sites for hydroxylation is 1. The van der Waals surface area contributed by atoms with Gasteiger partial charge in [-0.1, -0.05) is 23.8 Å². The maximum Gasteiger partial charge on any atom is 0.267 e. The van der Waals surface area contributed by atoms with Crippen molar-refractivity contribution in [1.82, 2.24) is 15.2 Å². The third-order valence-electron chi connectivity index (χ3n) is 5.74. The molecule has 0 radical (unpaired) electrons. The van der Waals surface area contributed by atoms with Crippen molar-refractivity contribution in [3.8, 4) is 11.3 Å². The summed E-state index contributed by atoms with van der Waals surface area (Å²) in [7, 11) is 0. The lowest BCUT2D eigenvalue weighted by Gasteiger charge is -2.49. The number of carbonyl (C=O) groups is 1. The first-order valence-corrected chi connectivity index (χ1v) is 8.93. The smallest absolute Gasteiger partial charge is 0.267 e. The molecule has 1 amide bonds. The first-order valence-electron chi connectivity index (χ1n) is 8.93. The molecule has 4 heterocycles. The highest BCUT2D eigenvalue weighted by molar-refractivity contribution is 5.93. The summed E-state index contributed by atoms with van der Waals surface area (Å²) in [5.41, 5.74) is 3.97. The molecule has 2 N–H and O–H groups in total. The molecule has 3 fully saturated rings. The number of hydrogen-bond donors (Lipinski definition) is 2. The molecule has 5 rings (SSSR count). The van der Waals surface area contributed by atoms with Crippen LogP contribution >= 0.6 is 0 Å². The summed E-state index contributed by atoms with van der Waals surface area (Å²) in [6.45, 7) is 6.68. The molecule has 0 unspecified atom stereocenters. The lowest BCUT2D eigenvalue weighted by molar-refractivity contribution is 0.0216. The second kappa shape index (κ2) is 6.10. The monoisotopic (exact) mass is 323 g/mol. The fourth-order valence-corrected chi connectivity index (χ4v) is 4.28. The predicted molar refractivity (Wildman–Crippen MR) is 96.0 cm³/mol. The van der Waals surface area contributed by atoms with E-state index in [9.17, 15) is 4.79 Å². The Balaban J connectivity index is 1.49. The largest absolute Gasteiger partial charge is 0.351 e. The molecule has 4 nitrogen and oxygen atoms in total. The highest BCUT2D eigenvalue weighted by Gasteiger charge is 2.40. The van der Waals surface area contributed by atoms with Crippen molar-refractivity contribution in [1.29, 1.82) is 0 Å². The Bertz CT molecular complexity index is 741. The van der Waals surface area contributed by atoms with Crippen LogP contribution in [0.5, 0.6) is 0 Å². The summed E-state index contributed by atoms with van der Waals surface area (Å²) in [6, 6.07) is 12.9. The zero-order valence-electron chi connectivity index (χ0n) is 14.4. The normalized spacial score (nSPS) is 28.8. The van der Waals surface area contributed by atoms with E-state index in [2.05, 4.69) is 47.2 Å². The predicted octanol–water partition coefficient (Wildman–Crippen LogP) is 3.20. The van der Waals surface area contributed by atoms with Crippen LogP contribution < -0.4 is 5.32 Å². The highest BCUT2D eigenvalue weighted by Crippen LogP contribution is 2.32. The Hall–Kier alpha value is -2.07. The van der Waals surface area contributed by atoms with Gasteiger partial charge in [-0.05, 0) is 69.5 Å². The number of piperidine rings is 3. The molecule has 2 aromatic rings. The highest BCUT2D eigenvalue weighted by atomic mass is 16.2. The minimum Gasteiger partial charge on any atom is -0.351 e. The molecular formula is C20H25N3O. The van der Waals surface area contributed by atoms with E-state index in [0.29, 0.717) is 17.7 Å².